The van der Waals surface area contributed by atoms with Crippen LogP contribution < -0.4 is 15.5 Å². The predicted molar refractivity (Wildman–Crippen MR) is 136 cm³/mol. The maximum atomic E-state index is 12.9. The Morgan fingerprint density at radius 1 is 1.18 bits per heavy atom. The highest BCUT2D eigenvalue weighted by molar-refractivity contribution is 7.15. The van der Waals surface area contributed by atoms with Crippen LogP contribution >= 0.6 is 11.3 Å². The number of Topliss-reactive ketones (excluding diaryl/α,β-unsaturated/α-hetero) is 1. The molecule has 2 amide bonds. The molecule has 1 aliphatic rings. The van der Waals surface area contributed by atoms with E-state index < -0.39 is 52.6 Å². The standard InChI is InChI=1S/C25H32F3N5O4S/c1-5-6-12-17(19(34)20(35)29-15(2)16-10-8-7-9-11-16)30-23(36)37-18-13-33(14-24(18,3)4)22-32-31-21(38-22)25(26,27)28/h7-11,15,17-18H,5-6,12-14H2,1-4H3,(H,29,35)(H,30,36)/t15-,17+,18-/m1/s1. The number of ether oxygens (including phenoxy) is 1. The van der Waals surface area contributed by atoms with Crippen LogP contribution in [-0.4, -0.2) is 53.2 Å². The fraction of sp³-hybridized carbons (Fsp3) is 0.560. The first kappa shape index (κ1) is 29.3. The topological polar surface area (TPSA) is 114 Å². The molecule has 1 aliphatic heterocycles. The van der Waals surface area contributed by atoms with Gasteiger partial charge in [-0.3, -0.25) is 9.59 Å². The fourth-order valence-corrected chi connectivity index (χ4v) is 4.86. The zero-order valence-corrected chi connectivity index (χ0v) is 22.5. The van der Waals surface area contributed by atoms with Gasteiger partial charge in [0.05, 0.1) is 12.6 Å². The van der Waals surface area contributed by atoms with Gasteiger partial charge in [-0.2, -0.15) is 13.2 Å². The second-order valence-corrected chi connectivity index (χ2v) is 10.9. The third-order valence-corrected chi connectivity index (χ3v) is 7.39. The summed E-state index contributed by atoms with van der Waals surface area (Å²) in [6.07, 6.45) is -4.57. The number of benzene rings is 1. The second-order valence-electron chi connectivity index (χ2n) is 9.96. The van der Waals surface area contributed by atoms with Crippen LogP contribution in [0.3, 0.4) is 0 Å². The van der Waals surface area contributed by atoms with E-state index in [2.05, 4.69) is 20.8 Å². The molecular weight excluding hydrogens is 523 g/mol. The lowest BCUT2D eigenvalue weighted by molar-refractivity contribution is -0.139. The summed E-state index contributed by atoms with van der Waals surface area (Å²) < 4.78 is 44.4. The van der Waals surface area contributed by atoms with Crippen molar-refractivity contribution in [2.75, 3.05) is 18.0 Å². The van der Waals surface area contributed by atoms with Gasteiger partial charge in [-0.25, -0.2) is 4.79 Å². The maximum absolute atomic E-state index is 12.9. The quantitative estimate of drug-likeness (QED) is 0.415. The van der Waals surface area contributed by atoms with E-state index in [9.17, 15) is 27.6 Å². The summed E-state index contributed by atoms with van der Waals surface area (Å²) in [5, 5.41) is 11.1. The van der Waals surface area contributed by atoms with Crippen LogP contribution in [0.1, 0.15) is 63.6 Å². The average molecular weight is 556 g/mol. The van der Waals surface area contributed by atoms with E-state index >= 15 is 0 Å². The SMILES string of the molecule is CCCC[C@H](NC(=O)O[C@@H]1CN(c2nnc(C(F)(F)F)s2)CC1(C)C)C(=O)C(=O)N[C@H](C)c1ccccc1. The molecule has 1 fully saturated rings. The molecule has 2 N–H and O–H groups in total. The van der Waals surface area contributed by atoms with Crippen molar-refractivity contribution in [3.63, 3.8) is 0 Å². The van der Waals surface area contributed by atoms with Crippen LogP contribution in [0.4, 0.5) is 23.1 Å². The molecule has 13 heteroatoms. The lowest BCUT2D eigenvalue weighted by Gasteiger charge is -2.26. The van der Waals surface area contributed by atoms with Crippen molar-refractivity contribution < 1.29 is 32.3 Å². The van der Waals surface area contributed by atoms with Gasteiger partial charge < -0.3 is 20.3 Å². The normalized spacial score (nSPS) is 18.5. The maximum Gasteiger partial charge on any atom is 0.445 e. The second kappa shape index (κ2) is 12.1. The zero-order valence-electron chi connectivity index (χ0n) is 21.7. The van der Waals surface area contributed by atoms with Crippen LogP contribution in [0.2, 0.25) is 0 Å². The number of amides is 2. The van der Waals surface area contributed by atoms with E-state index in [1.165, 1.54) is 0 Å². The molecule has 1 saturated heterocycles. The monoisotopic (exact) mass is 555 g/mol. The molecule has 2 aromatic rings. The number of aromatic nitrogens is 2. The van der Waals surface area contributed by atoms with Gasteiger partial charge in [-0.05, 0) is 18.9 Å². The average Bonchev–Trinajstić information content (AvgIpc) is 3.46. The molecule has 1 aromatic heterocycles. The Morgan fingerprint density at radius 2 is 1.87 bits per heavy atom. The number of rotatable bonds is 10. The Kier molecular flexibility index (Phi) is 9.34. The molecular formula is C25H32F3N5O4S. The number of hydrogen-bond acceptors (Lipinski definition) is 8. The van der Waals surface area contributed by atoms with Gasteiger partial charge in [-0.1, -0.05) is 75.3 Å². The van der Waals surface area contributed by atoms with Gasteiger partial charge in [0.2, 0.25) is 15.9 Å². The van der Waals surface area contributed by atoms with Crippen LogP contribution in [0, 0.1) is 5.41 Å². The summed E-state index contributed by atoms with van der Waals surface area (Å²) in [6.45, 7) is 7.70. The van der Waals surface area contributed by atoms with E-state index in [0.717, 1.165) is 12.0 Å². The number of unbranched alkanes of at least 4 members (excludes halogenated alkanes) is 1. The first-order valence-electron chi connectivity index (χ1n) is 12.3. The first-order valence-corrected chi connectivity index (χ1v) is 13.2. The van der Waals surface area contributed by atoms with Gasteiger partial charge >= 0.3 is 12.3 Å². The summed E-state index contributed by atoms with van der Waals surface area (Å²) >= 11 is 0.422. The largest absolute Gasteiger partial charge is 0.445 e. The molecule has 0 bridgehead atoms. The molecule has 0 spiro atoms. The van der Waals surface area contributed by atoms with Gasteiger partial charge in [-0.15, -0.1) is 10.2 Å². The Hall–Kier alpha value is -3.22. The first-order chi connectivity index (χ1) is 17.8. The van der Waals surface area contributed by atoms with E-state index in [1.807, 2.05) is 51.1 Å². The number of nitrogens with one attached hydrogen (secondary N) is 2. The van der Waals surface area contributed by atoms with Crippen LogP contribution in [0.15, 0.2) is 30.3 Å². The van der Waals surface area contributed by atoms with Crippen molar-refractivity contribution in [3.8, 4) is 0 Å². The third-order valence-electron chi connectivity index (χ3n) is 6.36. The minimum absolute atomic E-state index is 0.0807. The van der Waals surface area contributed by atoms with Crippen molar-refractivity contribution in [2.45, 2.75) is 71.3 Å². The lowest BCUT2D eigenvalue weighted by atomic mass is 9.90. The molecule has 3 rings (SSSR count). The molecule has 0 aliphatic carbocycles. The number of anilines is 1. The van der Waals surface area contributed by atoms with Crippen molar-refractivity contribution in [3.05, 3.63) is 40.9 Å². The van der Waals surface area contributed by atoms with Crippen molar-refractivity contribution in [1.82, 2.24) is 20.8 Å². The molecule has 1 aromatic carbocycles. The Morgan fingerprint density at radius 3 is 2.47 bits per heavy atom. The number of halogens is 3. The molecule has 2 heterocycles. The minimum Gasteiger partial charge on any atom is -0.444 e. The van der Waals surface area contributed by atoms with E-state index in [4.69, 9.17) is 4.74 Å². The summed E-state index contributed by atoms with van der Waals surface area (Å²) in [5.74, 6) is -1.59. The van der Waals surface area contributed by atoms with Gasteiger partial charge in [0, 0.05) is 12.0 Å². The smallest absolute Gasteiger partial charge is 0.444 e. The molecule has 3 atom stereocenters. The number of hydrogen-bond donors (Lipinski definition) is 2. The van der Waals surface area contributed by atoms with E-state index in [0.29, 0.717) is 17.8 Å². The Bertz CT molecular complexity index is 1130. The highest BCUT2D eigenvalue weighted by Gasteiger charge is 2.45. The van der Waals surface area contributed by atoms with Crippen LogP contribution in [0.25, 0.3) is 0 Å². The van der Waals surface area contributed by atoms with Gasteiger partial charge in [0.1, 0.15) is 12.1 Å². The third kappa shape index (κ3) is 7.42. The van der Waals surface area contributed by atoms with Crippen molar-refractivity contribution in [2.24, 2.45) is 5.41 Å². The summed E-state index contributed by atoms with van der Waals surface area (Å²) in [4.78, 5) is 40.0. The number of carbonyl (C=O) groups is 3. The lowest BCUT2D eigenvalue weighted by Crippen LogP contribution is -2.49. The van der Waals surface area contributed by atoms with Crippen molar-refractivity contribution >= 4 is 34.3 Å². The molecule has 0 saturated carbocycles. The number of carbonyl (C=O) groups excluding carboxylic acids is 3. The van der Waals surface area contributed by atoms with E-state index in [-0.39, 0.29) is 24.6 Å². The van der Waals surface area contributed by atoms with Gasteiger partial charge in [0.15, 0.2) is 0 Å². The molecule has 38 heavy (non-hydrogen) atoms. The van der Waals surface area contributed by atoms with Gasteiger partial charge in [0.25, 0.3) is 5.91 Å². The molecule has 0 unspecified atom stereocenters. The van der Waals surface area contributed by atoms with Crippen LogP contribution in [-0.2, 0) is 20.5 Å². The number of ketones is 1. The number of alkyl carbamates (subject to hydrolysis) is 1. The minimum atomic E-state index is -4.59. The fourth-order valence-electron chi connectivity index (χ4n) is 4.14. The zero-order chi connectivity index (χ0) is 28.1. The summed E-state index contributed by atoms with van der Waals surface area (Å²) in [7, 11) is 0. The highest BCUT2D eigenvalue weighted by atomic mass is 32.1. The summed E-state index contributed by atoms with van der Waals surface area (Å²) in [5.41, 5.74) is 0.212. The molecule has 208 valence electrons. The summed E-state index contributed by atoms with van der Waals surface area (Å²) in [6, 6.07) is 7.67. The number of nitrogens with zero attached hydrogens (tertiary/aromatic N) is 3. The van der Waals surface area contributed by atoms with E-state index in [1.54, 1.807) is 11.8 Å². The van der Waals surface area contributed by atoms with Crippen LogP contribution in [0.5, 0.6) is 0 Å². The Balaban J connectivity index is 1.62. The molecule has 0 radical (unpaired) electrons. The predicted octanol–water partition coefficient (Wildman–Crippen LogP) is 4.50. The number of alkyl halides is 3. The Labute approximate surface area is 223 Å². The van der Waals surface area contributed by atoms with Crippen molar-refractivity contribution in [1.29, 1.82) is 0 Å². The highest BCUT2D eigenvalue weighted by Crippen LogP contribution is 2.39. The molecule has 9 nitrogen and oxygen atoms in total.